The summed E-state index contributed by atoms with van der Waals surface area (Å²) in [5.74, 6) is 0.513. The molecule has 0 spiro atoms. The molecule has 0 unspecified atom stereocenters. The topological polar surface area (TPSA) is 76.7 Å². The number of alkyl carbamates (subject to hydrolysis) is 1. The van der Waals surface area contributed by atoms with Crippen molar-refractivity contribution in [2.75, 3.05) is 7.11 Å². The Hall–Kier alpha value is -2.54. The summed E-state index contributed by atoms with van der Waals surface area (Å²) in [5.41, 5.74) is 1.56. The van der Waals surface area contributed by atoms with Crippen LogP contribution in [0.2, 0.25) is 0 Å². The second-order valence-electron chi connectivity index (χ2n) is 7.60. The Bertz CT molecular complexity index is 877. The number of halogens is 1. The highest BCUT2D eigenvalue weighted by molar-refractivity contribution is 9.10. The third kappa shape index (κ3) is 6.78. The lowest BCUT2D eigenvalue weighted by Gasteiger charge is -2.20. The molecule has 156 valence electrons. The first kappa shape index (κ1) is 22.7. The van der Waals surface area contributed by atoms with Gasteiger partial charge in [-0.05, 0) is 57.0 Å². The molecule has 2 N–H and O–H groups in total. The summed E-state index contributed by atoms with van der Waals surface area (Å²) in [6.07, 6.45) is -0.525. The van der Waals surface area contributed by atoms with Gasteiger partial charge in [0.15, 0.2) is 0 Å². The van der Waals surface area contributed by atoms with E-state index in [9.17, 15) is 9.59 Å². The number of rotatable bonds is 6. The Labute approximate surface area is 180 Å². The zero-order chi connectivity index (χ0) is 21.6. The molecule has 0 heterocycles. The number of carbonyl (C=O) groups is 2. The van der Waals surface area contributed by atoms with E-state index in [2.05, 4.69) is 26.6 Å². The van der Waals surface area contributed by atoms with Gasteiger partial charge in [0.25, 0.3) is 5.91 Å². The van der Waals surface area contributed by atoms with Gasteiger partial charge in [-0.1, -0.05) is 40.2 Å². The first-order valence-electron chi connectivity index (χ1n) is 9.30. The Kier molecular flexibility index (Phi) is 7.67. The molecule has 0 saturated carbocycles. The maximum absolute atomic E-state index is 12.9. The van der Waals surface area contributed by atoms with E-state index in [-0.39, 0.29) is 18.5 Å². The first-order valence-corrected chi connectivity index (χ1v) is 10.1. The fourth-order valence-electron chi connectivity index (χ4n) is 2.72. The fraction of sp³-hybridized carbons (Fsp3) is 0.364. The van der Waals surface area contributed by atoms with Crippen LogP contribution in [0.5, 0.6) is 5.75 Å². The average Bonchev–Trinajstić information content (AvgIpc) is 2.64. The number of benzene rings is 2. The minimum atomic E-state index is -0.581. The van der Waals surface area contributed by atoms with Crippen LogP contribution in [0.25, 0.3) is 0 Å². The zero-order valence-electron chi connectivity index (χ0n) is 17.3. The summed E-state index contributed by atoms with van der Waals surface area (Å²) < 4.78 is 11.3. The smallest absolute Gasteiger partial charge is 0.407 e. The molecule has 0 aromatic heterocycles. The van der Waals surface area contributed by atoms with Gasteiger partial charge in [-0.25, -0.2) is 4.79 Å². The molecule has 0 saturated heterocycles. The Balaban J connectivity index is 2.08. The number of nitrogens with one attached hydrogen (secondary N) is 2. The fourth-order valence-corrected chi connectivity index (χ4v) is 3.42. The molecular formula is C22H27BrN2O4. The van der Waals surface area contributed by atoms with Crippen molar-refractivity contribution in [3.05, 3.63) is 63.6 Å². The predicted octanol–water partition coefficient (Wildman–Crippen LogP) is 4.97. The molecule has 1 atom stereocenters. The van der Waals surface area contributed by atoms with Gasteiger partial charge in [0, 0.05) is 16.6 Å². The molecule has 2 aromatic carbocycles. The number of methoxy groups -OCH3 is 1. The largest absolute Gasteiger partial charge is 0.497 e. The van der Waals surface area contributed by atoms with E-state index < -0.39 is 11.7 Å². The van der Waals surface area contributed by atoms with Crippen LogP contribution in [-0.2, 0) is 11.3 Å². The van der Waals surface area contributed by atoms with Gasteiger partial charge in [-0.3, -0.25) is 4.79 Å². The normalized spacial score (nSPS) is 12.1. The van der Waals surface area contributed by atoms with Gasteiger partial charge in [0.1, 0.15) is 11.4 Å². The third-order valence-electron chi connectivity index (χ3n) is 4.11. The summed E-state index contributed by atoms with van der Waals surface area (Å²) in [6, 6.07) is 12.5. The minimum Gasteiger partial charge on any atom is -0.497 e. The van der Waals surface area contributed by atoms with E-state index in [1.54, 1.807) is 46.1 Å². The van der Waals surface area contributed by atoms with Crippen LogP contribution in [-0.4, -0.2) is 24.7 Å². The van der Waals surface area contributed by atoms with Gasteiger partial charge in [0.05, 0.1) is 13.2 Å². The van der Waals surface area contributed by atoms with E-state index in [4.69, 9.17) is 9.47 Å². The Morgan fingerprint density at radius 2 is 1.83 bits per heavy atom. The van der Waals surface area contributed by atoms with E-state index in [1.807, 2.05) is 31.2 Å². The number of ether oxygens (including phenoxy) is 2. The van der Waals surface area contributed by atoms with Crippen molar-refractivity contribution in [2.45, 2.75) is 45.9 Å². The number of hydrogen-bond acceptors (Lipinski definition) is 4. The van der Waals surface area contributed by atoms with Crippen LogP contribution in [0.1, 0.15) is 55.2 Å². The monoisotopic (exact) mass is 462 g/mol. The second kappa shape index (κ2) is 9.78. The molecule has 6 nitrogen and oxygen atoms in total. The summed E-state index contributed by atoms with van der Waals surface area (Å²) in [5, 5.41) is 5.70. The van der Waals surface area contributed by atoms with Gasteiger partial charge >= 0.3 is 6.09 Å². The van der Waals surface area contributed by atoms with Gasteiger partial charge in [-0.2, -0.15) is 0 Å². The zero-order valence-corrected chi connectivity index (χ0v) is 18.9. The lowest BCUT2D eigenvalue weighted by atomic mass is 10.0. The van der Waals surface area contributed by atoms with E-state index in [0.717, 1.165) is 15.8 Å². The van der Waals surface area contributed by atoms with Crippen LogP contribution in [0.15, 0.2) is 46.9 Å². The molecule has 7 heteroatoms. The Morgan fingerprint density at radius 3 is 2.45 bits per heavy atom. The highest BCUT2D eigenvalue weighted by Gasteiger charge is 2.19. The predicted molar refractivity (Wildman–Crippen MR) is 116 cm³/mol. The van der Waals surface area contributed by atoms with Crippen molar-refractivity contribution in [1.82, 2.24) is 10.6 Å². The van der Waals surface area contributed by atoms with E-state index in [0.29, 0.717) is 11.1 Å². The van der Waals surface area contributed by atoms with Crippen molar-refractivity contribution in [2.24, 2.45) is 0 Å². The first-order chi connectivity index (χ1) is 13.6. The highest BCUT2D eigenvalue weighted by Crippen LogP contribution is 2.28. The summed E-state index contributed by atoms with van der Waals surface area (Å²) in [7, 11) is 1.61. The summed E-state index contributed by atoms with van der Waals surface area (Å²) in [4.78, 5) is 24.8. The van der Waals surface area contributed by atoms with Crippen LogP contribution in [0.3, 0.4) is 0 Å². The molecule has 0 radical (unpaired) electrons. The number of hydrogen-bond donors (Lipinski definition) is 2. The minimum absolute atomic E-state index is 0.194. The molecule has 2 amide bonds. The van der Waals surface area contributed by atoms with Crippen molar-refractivity contribution in [3.8, 4) is 5.75 Å². The van der Waals surface area contributed by atoms with E-state index in [1.165, 1.54) is 0 Å². The van der Waals surface area contributed by atoms with Crippen molar-refractivity contribution in [1.29, 1.82) is 0 Å². The lowest BCUT2D eigenvalue weighted by molar-refractivity contribution is 0.0522. The van der Waals surface area contributed by atoms with E-state index >= 15 is 0 Å². The summed E-state index contributed by atoms with van der Waals surface area (Å²) in [6.45, 7) is 7.50. The molecule has 0 aliphatic rings. The highest BCUT2D eigenvalue weighted by atomic mass is 79.9. The quantitative estimate of drug-likeness (QED) is 0.634. The van der Waals surface area contributed by atoms with Crippen LogP contribution < -0.4 is 15.4 Å². The maximum Gasteiger partial charge on any atom is 0.407 e. The molecule has 0 bridgehead atoms. The van der Waals surface area contributed by atoms with Gasteiger partial charge < -0.3 is 20.1 Å². The van der Waals surface area contributed by atoms with Gasteiger partial charge in [-0.15, -0.1) is 0 Å². The summed E-state index contributed by atoms with van der Waals surface area (Å²) >= 11 is 3.52. The molecular weight excluding hydrogens is 436 g/mol. The number of carbonyl (C=O) groups excluding carboxylic acids is 2. The molecule has 0 aliphatic heterocycles. The van der Waals surface area contributed by atoms with Crippen LogP contribution >= 0.6 is 15.9 Å². The lowest BCUT2D eigenvalue weighted by Crippen LogP contribution is -2.33. The molecule has 29 heavy (non-hydrogen) atoms. The maximum atomic E-state index is 12.9. The van der Waals surface area contributed by atoms with Gasteiger partial charge in [0.2, 0.25) is 0 Å². The SMILES string of the molecule is COc1ccc([C@@H](C)NC(=O)c2ccccc2CNC(=O)OC(C)(C)C)c(Br)c1. The number of amides is 2. The van der Waals surface area contributed by atoms with Crippen LogP contribution in [0, 0.1) is 0 Å². The van der Waals surface area contributed by atoms with Crippen LogP contribution in [0.4, 0.5) is 4.79 Å². The molecule has 2 aromatic rings. The van der Waals surface area contributed by atoms with Crippen molar-refractivity contribution < 1.29 is 19.1 Å². The molecule has 0 aliphatic carbocycles. The average molecular weight is 463 g/mol. The Morgan fingerprint density at radius 1 is 1.14 bits per heavy atom. The standard InChI is InChI=1S/C22H27BrN2O4/c1-14(17-11-10-16(28-5)12-19(17)23)25-20(26)18-9-7-6-8-15(18)13-24-21(27)29-22(2,3)4/h6-12,14H,13H2,1-5H3,(H,24,27)(H,25,26)/t14-/m1/s1. The third-order valence-corrected chi connectivity index (χ3v) is 4.79. The van der Waals surface area contributed by atoms with Crippen molar-refractivity contribution >= 4 is 27.9 Å². The van der Waals surface area contributed by atoms with Crippen molar-refractivity contribution in [3.63, 3.8) is 0 Å². The molecule has 2 rings (SSSR count). The molecule has 0 fully saturated rings. The second-order valence-corrected chi connectivity index (χ2v) is 8.45.